The topological polar surface area (TPSA) is 26.0 Å². The van der Waals surface area contributed by atoms with Crippen LogP contribution in [0.4, 0.5) is 0 Å². The Morgan fingerprint density at radius 1 is 2.00 bits per heavy atom. The average molecular weight is 91.5 g/mol. The first-order chi connectivity index (χ1) is 2.27. The van der Waals surface area contributed by atoms with Gasteiger partial charge >= 0.3 is 0 Å². The molecule has 0 fully saturated rings. The van der Waals surface area contributed by atoms with Crippen molar-refractivity contribution in [1.82, 2.24) is 0 Å². The summed E-state index contributed by atoms with van der Waals surface area (Å²) in [6, 6.07) is 0. The van der Waals surface area contributed by atoms with E-state index in [2.05, 4.69) is 0 Å². The van der Waals surface area contributed by atoms with Gasteiger partial charge in [-0.25, -0.2) is 0 Å². The van der Waals surface area contributed by atoms with E-state index < -0.39 is 0 Å². The van der Waals surface area contributed by atoms with Crippen LogP contribution in [0.25, 0.3) is 0 Å². The normalized spacial score (nSPS) is 12.0. The molecule has 0 radical (unpaired) electrons. The smallest absolute Gasteiger partial charge is 0.0227 e. The van der Waals surface area contributed by atoms with E-state index in [1.165, 1.54) is 5.54 Å². The van der Waals surface area contributed by atoms with Crippen LogP contribution in [-0.2, 0) is 0 Å². The van der Waals surface area contributed by atoms with Crippen LogP contribution in [0.2, 0.25) is 0 Å². The molecule has 2 N–H and O–H groups in total. The largest absolute Gasteiger partial charge is 0.402 e. The molecule has 0 aromatic carbocycles. The van der Waals surface area contributed by atoms with Crippen molar-refractivity contribution in [1.29, 1.82) is 0 Å². The molecule has 0 aliphatic carbocycles. The second kappa shape index (κ2) is 2.09. The summed E-state index contributed by atoms with van der Waals surface area (Å²) in [6.07, 6.45) is 0. The molecule has 0 amide bonds. The molecule has 0 saturated carbocycles. The van der Waals surface area contributed by atoms with Gasteiger partial charge in [-0.15, -0.1) is 0 Å². The molecule has 0 saturated heterocycles. The van der Waals surface area contributed by atoms with Gasteiger partial charge in [0.05, 0.1) is 0 Å². The molecular weight excluding hydrogens is 85.5 g/mol. The fourth-order valence-electron chi connectivity index (χ4n) is 0. The van der Waals surface area contributed by atoms with E-state index in [-0.39, 0.29) is 0 Å². The lowest BCUT2D eigenvalue weighted by Gasteiger charge is -1.74. The van der Waals surface area contributed by atoms with Crippen molar-refractivity contribution in [3.63, 3.8) is 0 Å². The lowest BCUT2D eigenvalue weighted by molar-refractivity contribution is 1.33. The van der Waals surface area contributed by atoms with Gasteiger partial charge in [-0.05, 0) is 6.92 Å². The van der Waals surface area contributed by atoms with Crippen LogP contribution in [0, 0.1) is 0 Å². The molecule has 0 spiro atoms. The number of halogens is 1. The van der Waals surface area contributed by atoms with Crippen molar-refractivity contribution in [2.75, 3.05) is 0 Å². The van der Waals surface area contributed by atoms with Gasteiger partial charge in [-0.2, -0.15) is 0 Å². The highest BCUT2D eigenvalue weighted by Crippen LogP contribution is 1.80. The first-order valence-corrected chi connectivity index (χ1v) is 1.73. The Labute approximate surface area is 36.4 Å². The third-order valence-electron chi connectivity index (χ3n) is 0.172. The number of hydrogen-bond donors (Lipinski definition) is 1. The van der Waals surface area contributed by atoms with E-state index >= 15 is 0 Å². The van der Waals surface area contributed by atoms with Gasteiger partial charge in [0, 0.05) is 11.2 Å². The zero-order valence-corrected chi connectivity index (χ0v) is 3.79. The Bertz CT molecular complexity index is 44.9. The van der Waals surface area contributed by atoms with Crippen molar-refractivity contribution in [2.24, 2.45) is 5.73 Å². The number of rotatable bonds is 0. The first-order valence-electron chi connectivity index (χ1n) is 1.30. The Balaban J connectivity index is 3.14. The second-order valence-corrected chi connectivity index (χ2v) is 1.07. The number of allylic oxidation sites excluding steroid dienone is 1. The fraction of sp³-hybridized carbons (Fsp3) is 0.333. The summed E-state index contributed by atoms with van der Waals surface area (Å²) in [6.45, 7) is 1.73. The highest BCUT2D eigenvalue weighted by atomic mass is 35.5. The zero-order valence-electron chi connectivity index (χ0n) is 3.03. The molecule has 0 aliphatic heterocycles. The summed E-state index contributed by atoms with van der Waals surface area (Å²) in [4.78, 5) is 0. The lowest BCUT2D eigenvalue weighted by Crippen LogP contribution is -1.85. The molecular formula is C3H6ClN. The molecule has 0 atom stereocenters. The highest BCUT2D eigenvalue weighted by Gasteiger charge is 1.62. The standard InChI is InChI=1S/C3H6ClN/c1-3(5)2-4/h2H,5H2,1H3. The van der Waals surface area contributed by atoms with Crippen LogP contribution >= 0.6 is 11.6 Å². The summed E-state index contributed by atoms with van der Waals surface area (Å²) in [5, 5.41) is 0. The summed E-state index contributed by atoms with van der Waals surface area (Å²) in [5.74, 6) is 0. The Kier molecular flexibility index (Phi) is 2.02. The summed E-state index contributed by atoms with van der Waals surface area (Å²) in [5.41, 5.74) is 7.00. The molecule has 0 heterocycles. The van der Waals surface area contributed by atoms with Crippen LogP contribution in [0.15, 0.2) is 11.2 Å². The zero-order chi connectivity index (χ0) is 4.28. The van der Waals surface area contributed by atoms with Crippen LogP contribution in [0.1, 0.15) is 6.92 Å². The van der Waals surface area contributed by atoms with Gasteiger partial charge in [0.1, 0.15) is 0 Å². The summed E-state index contributed by atoms with van der Waals surface area (Å²) in [7, 11) is 0. The van der Waals surface area contributed by atoms with Crippen molar-refractivity contribution in [2.45, 2.75) is 6.92 Å². The molecule has 0 aliphatic rings. The van der Waals surface area contributed by atoms with Crippen LogP contribution in [-0.4, -0.2) is 0 Å². The van der Waals surface area contributed by atoms with Crippen molar-refractivity contribution in [3.8, 4) is 0 Å². The van der Waals surface area contributed by atoms with Gasteiger partial charge in [0.15, 0.2) is 0 Å². The van der Waals surface area contributed by atoms with Crippen molar-refractivity contribution in [3.05, 3.63) is 11.2 Å². The molecule has 30 valence electrons. The lowest BCUT2D eigenvalue weighted by atomic mass is 10.6. The van der Waals surface area contributed by atoms with Crippen LogP contribution in [0.5, 0.6) is 0 Å². The third-order valence-corrected chi connectivity index (χ3v) is 0.516. The second-order valence-electron chi connectivity index (χ2n) is 0.853. The maximum absolute atomic E-state index is 5.05. The maximum Gasteiger partial charge on any atom is 0.0227 e. The predicted octanol–water partition coefficient (Wildman–Crippen LogP) is 1.05. The monoisotopic (exact) mass is 91.0 g/mol. The van der Waals surface area contributed by atoms with E-state index in [0.29, 0.717) is 5.70 Å². The Morgan fingerprint density at radius 2 is 2.20 bits per heavy atom. The Hall–Kier alpha value is -0.170. The van der Waals surface area contributed by atoms with Crippen molar-refractivity contribution >= 4 is 11.6 Å². The Morgan fingerprint density at radius 3 is 2.20 bits per heavy atom. The minimum Gasteiger partial charge on any atom is -0.402 e. The molecule has 0 unspecified atom stereocenters. The van der Waals surface area contributed by atoms with E-state index in [1.54, 1.807) is 6.92 Å². The number of hydrogen-bond acceptors (Lipinski definition) is 1. The maximum atomic E-state index is 5.05. The highest BCUT2D eigenvalue weighted by molar-refractivity contribution is 6.25. The van der Waals surface area contributed by atoms with Gasteiger partial charge in [-0.1, -0.05) is 11.6 Å². The summed E-state index contributed by atoms with van der Waals surface area (Å²) < 4.78 is 0. The summed E-state index contributed by atoms with van der Waals surface area (Å²) >= 11 is 5.05. The number of nitrogens with two attached hydrogens (primary N) is 1. The van der Waals surface area contributed by atoms with Gasteiger partial charge in [0.2, 0.25) is 0 Å². The molecule has 1 nitrogen and oxygen atoms in total. The third kappa shape index (κ3) is 3.83. The molecule has 0 aromatic heterocycles. The minimum absolute atomic E-state index is 0.645. The molecule has 0 bridgehead atoms. The van der Waals surface area contributed by atoms with Crippen LogP contribution in [0.3, 0.4) is 0 Å². The van der Waals surface area contributed by atoms with Gasteiger partial charge in [-0.3, -0.25) is 0 Å². The van der Waals surface area contributed by atoms with Gasteiger partial charge in [0.25, 0.3) is 0 Å². The average Bonchev–Trinajstić information content (AvgIpc) is 1.38. The molecule has 0 rings (SSSR count). The SMILES string of the molecule is CC(N)=CCl. The predicted molar refractivity (Wildman–Crippen MR) is 23.8 cm³/mol. The minimum atomic E-state index is 0.645. The van der Waals surface area contributed by atoms with E-state index in [4.69, 9.17) is 17.3 Å². The first kappa shape index (κ1) is 4.83. The fourth-order valence-corrected chi connectivity index (χ4v) is 0. The van der Waals surface area contributed by atoms with Gasteiger partial charge < -0.3 is 5.73 Å². The van der Waals surface area contributed by atoms with Crippen LogP contribution < -0.4 is 5.73 Å². The van der Waals surface area contributed by atoms with E-state index in [0.717, 1.165) is 0 Å². The quantitative estimate of drug-likeness (QED) is 0.474. The van der Waals surface area contributed by atoms with E-state index in [9.17, 15) is 0 Å². The molecule has 5 heavy (non-hydrogen) atoms. The van der Waals surface area contributed by atoms with Crippen molar-refractivity contribution < 1.29 is 0 Å². The molecule has 0 aromatic rings. The van der Waals surface area contributed by atoms with E-state index in [1.807, 2.05) is 0 Å². The molecule has 2 heteroatoms.